The van der Waals surface area contributed by atoms with E-state index in [1.807, 2.05) is 0 Å². The second kappa shape index (κ2) is 46.7. The summed E-state index contributed by atoms with van der Waals surface area (Å²) >= 11 is 15.4. The van der Waals surface area contributed by atoms with E-state index in [9.17, 15) is 0 Å². The van der Waals surface area contributed by atoms with Crippen molar-refractivity contribution < 1.29 is 34.3 Å². The van der Waals surface area contributed by atoms with Crippen LogP contribution in [-0.2, 0) is 75.8 Å². The number of hydrogen-bond donors (Lipinski definition) is 0. The Bertz CT molecular complexity index is 933. The fraction of sp³-hybridized carbons (Fsp3) is 0.800. The monoisotopic (exact) mass is 894 g/mol. The van der Waals surface area contributed by atoms with Crippen LogP contribution >= 0.6 is 0 Å². The van der Waals surface area contributed by atoms with Crippen molar-refractivity contribution in [1.29, 1.82) is 21.0 Å². The van der Waals surface area contributed by atoms with E-state index >= 15 is 0 Å². The predicted octanol–water partition coefficient (Wildman–Crippen LogP) is 10.4. The van der Waals surface area contributed by atoms with E-state index < -0.39 is 18.5 Å². The van der Waals surface area contributed by atoms with Crippen molar-refractivity contribution in [3.05, 3.63) is 19.6 Å². The van der Waals surface area contributed by atoms with Crippen LogP contribution in [0.4, 0.5) is 0 Å². The molecule has 0 unspecified atom stereocenters. The molecule has 304 valence electrons. The third kappa shape index (κ3) is 40.0. The molecule has 0 aromatic heterocycles. The van der Waals surface area contributed by atoms with Crippen LogP contribution in [0, 0.1) is 45.3 Å². The summed E-state index contributed by atoms with van der Waals surface area (Å²) in [4.78, 5) is -0.435. The van der Waals surface area contributed by atoms with E-state index in [0.29, 0.717) is 0 Å². The Morgan fingerprint density at radius 1 is 0.377 bits per heavy atom. The number of unbranched alkanes of at least 4 members (excludes halogenated alkanes) is 8. The van der Waals surface area contributed by atoms with E-state index in [0.717, 1.165) is 0 Å². The van der Waals surface area contributed by atoms with E-state index in [-0.39, 0.29) is 19.6 Å². The fourth-order valence-corrected chi connectivity index (χ4v) is 5.68. The summed E-state index contributed by atoms with van der Waals surface area (Å²) in [6, 6.07) is 6.33. The minimum absolute atomic E-state index is 0.109. The Morgan fingerprint density at radius 2 is 0.491 bits per heavy atom. The molecule has 0 amide bonds. The van der Waals surface area contributed by atoms with Crippen LogP contribution in [0.25, 0.3) is 0 Å². The first-order valence-corrected chi connectivity index (χ1v) is 23.0. The minimum atomic E-state index is -2.03. The maximum atomic E-state index is 8.50. The zero-order valence-electron chi connectivity index (χ0n) is 34.5. The van der Waals surface area contributed by atoms with Crippen LogP contribution in [0.3, 0.4) is 0 Å². The summed E-state index contributed by atoms with van der Waals surface area (Å²) in [5.41, 5.74) is 0. The van der Waals surface area contributed by atoms with Gasteiger partial charge in [-0.3, -0.25) is 0 Å². The van der Waals surface area contributed by atoms with Crippen molar-refractivity contribution in [3.63, 3.8) is 0 Å². The second-order valence-corrected chi connectivity index (χ2v) is 15.1. The topological polar surface area (TPSA) is 129 Å². The zero-order chi connectivity index (χ0) is 41.8. The van der Waals surface area contributed by atoms with Crippen LogP contribution in [0.5, 0.6) is 0 Å². The normalized spacial score (nSPS) is 11.1. The molecule has 0 radical (unpaired) electrons. The van der Waals surface area contributed by atoms with Gasteiger partial charge in [0.05, 0.1) is 76.6 Å². The average molecular weight is 893 g/mol. The van der Waals surface area contributed by atoms with Crippen LogP contribution < -0.4 is 0 Å². The Hall–Kier alpha value is -1.47. The Morgan fingerprint density at radius 3 is 0.566 bits per heavy atom. The van der Waals surface area contributed by atoms with Gasteiger partial charge in [-0.25, -0.2) is 0 Å². The number of hydrogen-bond acceptors (Lipinski definition) is 10. The van der Waals surface area contributed by atoms with Crippen LogP contribution in [0.15, 0.2) is 19.6 Å². The molecule has 0 saturated heterocycles. The second-order valence-electron chi connectivity index (χ2n) is 13.1. The van der Waals surface area contributed by atoms with Gasteiger partial charge >= 0.3 is 25.3 Å². The molecule has 0 spiro atoms. The third-order valence-corrected chi connectivity index (χ3v) is 10.1. The van der Waals surface area contributed by atoms with Crippen molar-refractivity contribution in [2.24, 2.45) is 0 Å². The molecule has 13 heteroatoms. The van der Waals surface area contributed by atoms with Crippen molar-refractivity contribution in [2.75, 3.05) is 52.4 Å². The van der Waals surface area contributed by atoms with E-state index in [2.05, 4.69) is 106 Å². The molecule has 0 aliphatic rings. The molecule has 53 heavy (non-hydrogen) atoms. The number of quaternary nitrogens is 2. The number of nitriles is 4. The standard InChI is InChI=1S/2C16H36N.2C4H2N2S2.Mo.2O/c2*1-5-9-13-17(14-10-6-2,15-11-7-3)16-12-8-4;2*5-1-3(7)4(8)2-6;;;/h2*5-16H2,1-4H3;2*7-8H;;;/q2*+1;;;+2;;/p-4/b;;2*4-3-;;;. The quantitative estimate of drug-likeness (QED) is 0.0400. The first-order valence-electron chi connectivity index (χ1n) is 19.7. The van der Waals surface area contributed by atoms with Gasteiger partial charge in [0.2, 0.25) is 0 Å². The van der Waals surface area contributed by atoms with Gasteiger partial charge in [-0.05, 0) is 51.4 Å². The molecular formula is C40H72MoN6O2S4. The molecule has 0 aromatic rings. The molecule has 0 aliphatic carbocycles. The van der Waals surface area contributed by atoms with Crippen molar-refractivity contribution in [1.82, 2.24) is 0 Å². The summed E-state index contributed by atoms with van der Waals surface area (Å²) in [6.07, 6.45) is 22.1. The number of allylic oxidation sites excluding steroid dienone is 4. The van der Waals surface area contributed by atoms with Crippen LogP contribution in [-0.4, -0.2) is 61.3 Å². The SMILES string of the molecule is CCCC[N+](CCCC)(CCCC)CCCC.CCCC[N+](CCCC)(CCCC)CCCC.N#C/C([S-])=C(/[S-])C#N.N#C/C([S-])=C(/[S-])C#N.[O]=[Mo+2]=[O]. The fourth-order valence-electron chi connectivity index (χ4n) is 5.49. The zero-order valence-corrected chi connectivity index (χ0v) is 39.8. The van der Waals surface area contributed by atoms with Crippen molar-refractivity contribution in [3.8, 4) is 24.3 Å². The predicted molar refractivity (Wildman–Crippen MR) is 226 cm³/mol. The summed E-state index contributed by atoms with van der Waals surface area (Å²) in [6.45, 7) is 30.0. The Balaban J connectivity index is -0.000000198. The van der Waals surface area contributed by atoms with E-state index in [1.165, 1.54) is 164 Å². The van der Waals surface area contributed by atoms with Gasteiger partial charge in [-0.15, -0.1) is 19.6 Å². The van der Waals surface area contributed by atoms with Gasteiger partial charge in [-0.2, -0.15) is 21.0 Å². The molecule has 0 rings (SSSR count). The Kier molecular flexibility index (Phi) is 53.5. The molecule has 0 heterocycles. The van der Waals surface area contributed by atoms with Gasteiger partial charge in [0.1, 0.15) is 0 Å². The molecule has 0 aromatic carbocycles. The van der Waals surface area contributed by atoms with E-state index in [4.69, 9.17) is 27.8 Å². The molecular weight excluding hydrogens is 821 g/mol. The summed E-state index contributed by atoms with van der Waals surface area (Å²) in [5.74, 6) is 0. The van der Waals surface area contributed by atoms with Gasteiger partial charge in [0.15, 0.2) is 0 Å². The molecule has 0 N–H and O–H groups in total. The first kappa shape index (κ1) is 60.8. The summed E-state index contributed by atoms with van der Waals surface area (Å²) in [5, 5.41) is 32.0. The van der Waals surface area contributed by atoms with Gasteiger partial charge < -0.3 is 59.5 Å². The van der Waals surface area contributed by atoms with Crippen molar-refractivity contribution >= 4 is 50.5 Å². The van der Waals surface area contributed by atoms with E-state index in [1.54, 1.807) is 24.3 Å². The molecule has 8 nitrogen and oxygen atoms in total. The summed E-state index contributed by atoms with van der Waals surface area (Å²) < 4.78 is 19.8. The number of nitrogens with zero attached hydrogens (tertiary/aromatic N) is 6. The Labute approximate surface area is 357 Å². The molecule has 0 saturated carbocycles. The maximum absolute atomic E-state index is 8.50. The van der Waals surface area contributed by atoms with Gasteiger partial charge in [0.25, 0.3) is 0 Å². The van der Waals surface area contributed by atoms with Crippen molar-refractivity contribution in [2.45, 2.75) is 158 Å². The molecule has 0 fully saturated rings. The first-order chi connectivity index (χ1) is 25.3. The van der Waals surface area contributed by atoms with Gasteiger partial charge in [-0.1, -0.05) is 107 Å². The van der Waals surface area contributed by atoms with Crippen LogP contribution in [0.2, 0.25) is 0 Å². The van der Waals surface area contributed by atoms with Gasteiger partial charge in [0, 0.05) is 0 Å². The summed E-state index contributed by atoms with van der Waals surface area (Å²) in [7, 11) is 0. The van der Waals surface area contributed by atoms with Crippen LogP contribution in [0.1, 0.15) is 158 Å². The number of rotatable bonds is 24. The molecule has 0 aliphatic heterocycles. The molecule has 0 bridgehead atoms. The third-order valence-electron chi connectivity index (χ3n) is 8.71. The molecule has 0 atom stereocenters. The average Bonchev–Trinajstić information content (AvgIpc) is 3.19.